The van der Waals surface area contributed by atoms with E-state index in [-0.39, 0.29) is 6.10 Å². The number of hydrogen-bond donors (Lipinski definition) is 2. The second kappa shape index (κ2) is 15.2. The highest BCUT2D eigenvalue weighted by molar-refractivity contribution is 7.86. The number of rotatable bonds is 17. The van der Waals surface area contributed by atoms with Crippen molar-refractivity contribution in [3.05, 3.63) is 0 Å². The zero-order valence-electron chi connectivity index (χ0n) is 15.9. The zero-order valence-corrected chi connectivity index (χ0v) is 16.7. The molecule has 0 saturated heterocycles. The molecule has 2 N–H and O–H groups in total. The van der Waals surface area contributed by atoms with Crippen LogP contribution in [0.5, 0.6) is 0 Å². The smallest absolute Gasteiger partial charge is 0.267 e. The lowest BCUT2D eigenvalue weighted by Crippen LogP contribution is -2.20. The summed E-state index contributed by atoms with van der Waals surface area (Å²) < 4.78 is 32.3. The average molecular weight is 365 g/mol. The third kappa shape index (κ3) is 15.4. The van der Waals surface area contributed by atoms with Crippen molar-refractivity contribution in [2.45, 2.75) is 122 Å². The normalized spacial score (nSPS) is 14.7. The van der Waals surface area contributed by atoms with E-state index >= 15 is 0 Å². The summed E-state index contributed by atoms with van der Waals surface area (Å²) in [6, 6.07) is 0. The van der Waals surface area contributed by atoms with Crippen LogP contribution in [0.3, 0.4) is 0 Å². The van der Waals surface area contributed by atoms with E-state index in [2.05, 4.69) is 6.92 Å². The van der Waals surface area contributed by atoms with Crippen LogP contribution in [-0.2, 0) is 10.1 Å². The lowest BCUT2D eigenvalue weighted by atomic mass is 10.0. The quantitative estimate of drug-likeness (QED) is 0.264. The van der Waals surface area contributed by atoms with Crippen LogP contribution in [0.4, 0.5) is 0 Å². The van der Waals surface area contributed by atoms with Gasteiger partial charge in [-0.3, -0.25) is 4.55 Å². The van der Waals surface area contributed by atoms with Crippen LogP contribution in [0.2, 0.25) is 0 Å². The Kier molecular flexibility index (Phi) is 15.1. The Morgan fingerprint density at radius 2 is 1.08 bits per heavy atom. The molecule has 24 heavy (non-hydrogen) atoms. The van der Waals surface area contributed by atoms with Crippen molar-refractivity contribution in [2.75, 3.05) is 0 Å². The molecule has 146 valence electrons. The van der Waals surface area contributed by atoms with Gasteiger partial charge in [-0.2, -0.15) is 8.42 Å². The second-order valence-electron chi connectivity index (χ2n) is 7.24. The Morgan fingerprint density at radius 1 is 0.708 bits per heavy atom. The van der Waals surface area contributed by atoms with Gasteiger partial charge in [0.05, 0.1) is 11.4 Å². The molecule has 2 unspecified atom stereocenters. The summed E-state index contributed by atoms with van der Waals surface area (Å²) in [6.45, 7) is 3.99. The Morgan fingerprint density at radius 3 is 1.46 bits per heavy atom. The molecule has 0 fully saturated rings. The molecule has 0 spiro atoms. The molecule has 0 aliphatic carbocycles. The van der Waals surface area contributed by atoms with Crippen LogP contribution >= 0.6 is 0 Å². The second-order valence-corrected chi connectivity index (χ2v) is 8.94. The van der Waals surface area contributed by atoms with Gasteiger partial charge in [-0.05, 0) is 26.2 Å². The van der Waals surface area contributed by atoms with Crippen molar-refractivity contribution in [3.63, 3.8) is 0 Å². The first-order valence-corrected chi connectivity index (χ1v) is 11.5. The van der Waals surface area contributed by atoms with Crippen molar-refractivity contribution in [1.29, 1.82) is 0 Å². The summed E-state index contributed by atoms with van der Waals surface area (Å²) in [6.07, 6.45) is 15.0. The molecule has 2 atom stereocenters. The minimum Gasteiger partial charge on any atom is -0.393 e. The largest absolute Gasteiger partial charge is 0.393 e. The standard InChI is InChI=1S/C19H40O4S/c1-3-4-5-9-13-16-19(24(21,22)23)17-14-11-8-6-7-10-12-15-18(2)20/h18-20H,3-17H2,1-2H3,(H,21,22,23). The monoisotopic (exact) mass is 364 g/mol. The third-order valence-electron chi connectivity index (χ3n) is 4.70. The molecule has 0 aliphatic rings. The van der Waals surface area contributed by atoms with Crippen LogP contribution in [0.25, 0.3) is 0 Å². The Labute approximate surface area is 150 Å². The molecule has 0 rings (SSSR count). The maximum atomic E-state index is 11.5. The molecule has 0 bridgehead atoms. The zero-order chi connectivity index (χ0) is 18.3. The number of aliphatic hydroxyl groups is 1. The molecule has 0 heterocycles. The lowest BCUT2D eigenvalue weighted by molar-refractivity contribution is 0.180. The van der Waals surface area contributed by atoms with Gasteiger partial charge in [-0.15, -0.1) is 0 Å². The van der Waals surface area contributed by atoms with E-state index in [1.165, 1.54) is 25.7 Å². The van der Waals surface area contributed by atoms with Gasteiger partial charge in [0.1, 0.15) is 0 Å². The summed E-state index contributed by atoms with van der Waals surface area (Å²) >= 11 is 0. The summed E-state index contributed by atoms with van der Waals surface area (Å²) in [7, 11) is -3.89. The SMILES string of the molecule is CCCCCCCC(CCCCCCCCCC(C)O)S(=O)(=O)O. The fourth-order valence-electron chi connectivity index (χ4n) is 3.11. The lowest BCUT2D eigenvalue weighted by Gasteiger charge is -2.13. The van der Waals surface area contributed by atoms with Gasteiger partial charge in [-0.25, -0.2) is 0 Å². The first-order chi connectivity index (χ1) is 11.4. The molecule has 0 aliphatic heterocycles. The molecule has 0 amide bonds. The summed E-state index contributed by atoms with van der Waals surface area (Å²) in [5.74, 6) is 0. The summed E-state index contributed by atoms with van der Waals surface area (Å²) in [5, 5.41) is 8.61. The predicted molar refractivity (Wildman–Crippen MR) is 102 cm³/mol. The van der Waals surface area contributed by atoms with Crippen LogP contribution in [0, 0.1) is 0 Å². The van der Waals surface area contributed by atoms with E-state index < -0.39 is 15.4 Å². The maximum absolute atomic E-state index is 11.5. The Hall–Kier alpha value is -0.130. The minimum absolute atomic E-state index is 0.190. The van der Waals surface area contributed by atoms with Gasteiger partial charge >= 0.3 is 0 Å². The van der Waals surface area contributed by atoms with E-state index in [4.69, 9.17) is 0 Å². The van der Waals surface area contributed by atoms with Gasteiger partial charge in [0.25, 0.3) is 10.1 Å². The molecular formula is C19H40O4S. The van der Waals surface area contributed by atoms with E-state index in [1.807, 2.05) is 6.92 Å². The number of unbranched alkanes of at least 4 members (excludes halogenated alkanes) is 10. The van der Waals surface area contributed by atoms with Crippen LogP contribution in [0.1, 0.15) is 110 Å². The highest BCUT2D eigenvalue weighted by Gasteiger charge is 2.21. The van der Waals surface area contributed by atoms with Gasteiger partial charge in [0.2, 0.25) is 0 Å². The van der Waals surface area contributed by atoms with Crippen molar-refractivity contribution in [3.8, 4) is 0 Å². The van der Waals surface area contributed by atoms with Crippen LogP contribution in [0.15, 0.2) is 0 Å². The molecular weight excluding hydrogens is 324 g/mol. The van der Waals surface area contributed by atoms with Crippen LogP contribution in [-0.4, -0.2) is 29.4 Å². The highest BCUT2D eigenvalue weighted by atomic mass is 32.2. The molecule has 0 aromatic carbocycles. The van der Waals surface area contributed by atoms with Gasteiger partial charge < -0.3 is 5.11 Å². The van der Waals surface area contributed by atoms with E-state index in [1.54, 1.807) is 0 Å². The third-order valence-corrected chi connectivity index (χ3v) is 6.01. The fraction of sp³-hybridized carbons (Fsp3) is 1.00. The topological polar surface area (TPSA) is 74.6 Å². The van der Waals surface area contributed by atoms with E-state index in [0.29, 0.717) is 12.8 Å². The van der Waals surface area contributed by atoms with E-state index in [9.17, 15) is 18.1 Å². The average Bonchev–Trinajstić information content (AvgIpc) is 2.49. The molecule has 0 aromatic heterocycles. The first kappa shape index (κ1) is 23.9. The van der Waals surface area contributed by atoms with Crippen molar-refractivity contribution in [1.82, 2.24) is 0 Å². The molecule has 4 nitrogen and oxygen atoms in total. The predicted octanol–water partition coefficient (Wildman–Crippen LogP) is 5.50. The molecule has 5 heteroatoms. The number of hydrogen-bond acceptors (Lipinski definition) is 3. The summed E-state index contributed by atoms with van der Waals surface area (Å²) in [4.78, 5) is 0. The maximum Gasteiger partial charge on any atom is 0.267 e. The van der Waals surface area contributed by atoms with Crippen LogP contribution < -0.4 is 0 Å². The van der Waals surface area contributed by atoms with Crippen molar-refractivity contribution >= 4 is 10.1 Å². The fourth-order valence-corrected chi connectivity index (χ4v) is 4.04. The minimum atomic E-state index is -3.89. The molecule has 0 radical (unpaired) electrons. The molecule has 0 saturated carbocycles. The van der Waals surface area contributed by atoms with Crippen molar-refractivity contribution in [2.24, 2.45) is 0 Å². The van der Waals surface area contributed by atoms with Gasteiger partial charge in [0, 0.05) is 0 Å². The Bertz CT molecular complexity index is 366. The van der Waals surface area contributed by atoms with E-state index in [0.717, 1.165) is 57.8 Å². The molecule has 0 aromatic rings. The van der Waals surface area contributed by atoms with Crippen molar-refractivity contribution < 1.29 is 18.1 Å². The Balaban J connectivity index is 3.69. The van der Waals surface area contributed by atoms with Gasteiger partial charge in [-0.1, -0.05) is 84.0 Å². The van der Waals surface area contributed by atoms with Gasteiger partial charge in [0.15, 0.2) is 0 Å². The highest BCUT2D eigenvalue weighted by Crippen LogP contribution is 2.19. The summed E-state index contributed by atoms with van der Waals surface area (Å²) in [5.41, 5.74) is 0. The first-order valence-electron chi connectivity index (χ1n) is 10.0. The number of aliphatic hydroxyl groups excluding tert-OH is 1.